The lowest BCUT2D eigenvalue weighted by atomic mass is 9.98. The van der Waals surface area contributed by atoms with Crippen molar-refractivity contribution in [3.05, 3.63) is 29.3 Å². The number of nitrogens with zero attached hydrogens (tertiary/aromatic N) is 1. The standard InChI is InChI=1S/C15H22N2O3/c1-11-2-3-12(13(16)4-5-15(18)19)14(10-11)17-6-8-20-9-7-17/h2-3,10,13H,4-9,16H2,1H3,(H,18,19). The molecule has 1 saturated heterocycles. The lowest BCUT2D eigenvalue weighted by molar-refractivity contribution is -0.137. The van der Waals surface area contributed by atoms with Crippen molar-refractivity contribution in [1.29, 1.82) is 0 Å². The van der Waals surface area contributed by atoms with Crippen molar-refractivity contribution in [3.8, 4) is 0 Å². The molecule has 5 heteroatoms. The topological polar surface area (TPSA) is 75.8 Å². The van der Waals surface area contributed by atoms with E-state index in [0.717, 1.165) is 37.6 Å². The van der Waals surface area contributed by atoms with Gasteiger partial charge < -0.3 is 20.5 Å². The van der Waals surface area contributed by atoms with E-state index in [1.165, 1.54) is 5.56 Å². The van der Waals surface area contributed by atoms with Crippen molar-refractivity contribution in [2.24, 2.45) is 5.73 Å². The van der Waals surface area contributed by atoms with Crippen LogP contribution in [0.25, 0.3) is 0 Å². The quantitative estimate of drug-likeness (QED) is 0.857. The highest BCUT2D eigenvalue weighted by Gasteiger charge is 2.19. The summed E-state index contributed by atoms with van der Waals surface area (Å²) in [4.78, 5) is 13.0. The lowest BCUT2D eigenvalue weighted by Crippen LogP contribution is -2.37. The molecule has 5 nitrogen and oxygen atoms in total. The van der Waals surface area contributed by atoms with Gasteiger partial charge >= 0.3 is 5.97 Å². The monoisotopic (exact) mass is 278 g/mol. The maximum Gasteiger partial charge on any atom is 0.303 e. The molecule has 1 unspecified atom stereocenters. The van der Waals surface area contributed by atoms with E-state index >= 15 is 0 Å². The van der Waals surface area contributed by atoms with Crippen LogP contribution in [-0.4, -0.2) is 37.4 Å². The number of nitrogens with two attached hydrogens (primary N) is 1. The molecule has 1 fully saturated rings. The first-order chi connectivity index (χ1) is 9.58. The Hall–Kier alpha value is -1.59. The van der Waals surface area contributed by atoms with E-state index in [1.54, 1.807) is 0 Å². The number of rotatable bonds is 5. The second-order valence-electron chi connectivity index (χ2n) is 5.20. The summed E-state index contributed by atoms with van der Waals surface area (Å²) in [5.41, 5.74) is 9.50. The van der Waals surface area contributed by atoms with Gasteiger partial charge in [-0.15, -0.1) is 0 Å². The SMILES string of the molecule is Cc1ccc(C(N)CCC(=O)O)c(N2CCOCC2)c1. The van der Waals surface area contributed by atoms with Crippen LogP contribution in [0, 0.1) is 6.92 Å². The van der Waals surface area contributed by atoms with E-state index < -0.39 is 5.97 Å². The zero-order chi connectivity index (χ0) is 14.5. The van der Waals surface area contributed by atoms with Gasteiger partial charge in [0.05, 0.1) is 13.2 Å². The van der Waals surface area contributed by atoms with Crippen LogP contribution in [0.15, 0.2) is 18.2 Å². The van der Waals surface area contributed by atoms with E-state index in [0.29, 0.717) is 6.42 Å². The van der Waals surface area contributed by atoms with E-state index in [1.807, 2.05) is 12.1 Å². The number of anilines is 1. The molecule has 1 atom stereocenters. The van der Waals surface area contributed by atoms with Crippen LogP contribution in [0.2, 0.25) is 0 Å². The Morgan fingerprint density at radius 1 is 1.45 bits per heavy atom. The van der Waals surface area contributed by atoms with Crippen LogP contribution in [-0.2, 0) is 9.53 Å². The largest absolute Gasteiger partial charge is 0.481 e. The normalized spacial score (nSPS) is 17.0. The van der Waals surface area contributed by atoms with Crippen LogP contribution in [0.4, 0.5) is 5.69 Å². The summed E-state index contributed by atoms with van der Waals surface area (Å²) < 4.78 is 5.38. The van der Waals surface area contributed by atoms with Gasteiger partial charge in [-0.1, -0.05) is 12.1 Å². The predicted octanol–water partition coefficient (Wildman–Crippen LogP) is 1.70. The molecule has 20 heavy (non-hydrogen) atoms. The Bertz CT molecular complexity index is 470. The summed E-state index contributed by atoms with van der Waals surface area (Å²) in [7, 11) is 0. The number of carbonyl (C=O) groups is 1. The third kappa shape index (κ3) is 3.71. The second-order valence-corrected chi connectivity index (χ2v) is 5.20. The van der Waals surface area contributed by atoms with E-state index in [9.17, 15) is 4.79 Å². The summed E-state index contributed by atoms with van der Waals surface area (Å²) in [6, 6.07) is 5.93. The first-order valence-electron chi connectivity index (χ1n) is 6.98. The van der Waals surface area contributed by atoms with Gasteiger partial charge in [0.25, 0.3) is 0 Å². The molecule has 0 saturated carbocycles. The number of morpholine rings is 1. The Morgan fingerprint density at radius 3 is 2.80 bits per heavy atom. The average molecular weight is 278 g/mol. The summed E-state index contributed by atoms with van der Waals surface area (Å²) in [5.74, 6) is -0.805. The van der Waals surface area contributed by atoms with Crippen LogP contribution in [0.5, 0.6) is 0 Å². The van der Waals surface area contributed by atoms with Gasteiger partial charge in [-0.25, -0.2) is 0 Å². The van der Waals surface area contributed by atoms with Crippen LogP contribution >= 0.6 is 0 Å². The fourth-order valence-corrected chi connectivity index (χ4v) is 2.48. The predicted molar refractivity (Wildman–Crippen MR) is 78.0 cm³/mol. The van der Waals surface area contributed by atoms with Gasteiger partial charge in [0.2, 0.25) is 0 Å². The molecule has 0 amide bonds. The summed E-state index contributed by atoms with van der Waals surface area (Å²) in [6.45, 7) is 5.19. The van der Waals surface area contributed by atoms with Crippen LogP contribution in [0.3, 0.4) is 0 Å². The minimum atomic E-state index is -0.805. The van der Waals surface area contributed by atoms with Crippen molar-refractivity contribution in [3.63, 3.8) is 0 Å². The summed E-state index contributed by atoms with van der Waals surface area (Å²) >= 11 is 0. The molecule has 1 aliphatic heterocycles. The molecule has 110 valence electrons. The maximum absolute atomic E-state index is 10.7. The first-order valence-corrected chi connectivity index (χ1v) is 6.98. The molecular weight excluding hydrogens is 256 g/mol. The molecule has 0 bridgehead atoms. The van der Waals surface area contributed by atoms with Crippen LogP contribution in [0.1, 0.15) is 30.0 Å². The Kier molecular flexibility index (Phi) is 4.98. The Morgan fingerprint density at radius 2 is 2.15 bits per heavy atom. The van der Waals surface area contributed by atoms with Gasteiger partial charge in [-0.05, 0) is 30.5 Å². The molecule has 1 aromatic rings. The number of hydrogen-bond donors (Lipinski definition) is 2. The minimum absolute atomic E-state index is 0.0948. The minimum Gasteiger partial charge on any atom is -0.481 e. The van der Waals surface area contributed by atoms with Gasteiger partial charge in [0.15, 0.2) is 0 Å². The van der Waals surface area contributed by atoms with E-state index in [2.05, 4.69) is 17.9 Å². The van der Waals surface area contributed by atoms with Crippen molar-refractivity contribution >= 4 is 11.7 Å². The maximum atomic E-state index is 10.7. The number of aryl methyl sites for hydroxylation is 1. The Balaban J connectivity index is 2.20. The summed E-state index contributed by atoms with van der Waals surface area (Å²) in [6.07, 6.45) is 0.549. The van der Waals surface area contributed by atoms with Gasteiger partial charge in [-0.2, -0.15) is 0 Å². The van der Waals surface area contributed by atoms with E-state index in [-0.39, 0.29) is 12.5 Å². The smallest absolute Gasteiger partial charge is 0.303 e. The molecule has 1 aliphatic rings. The first kappa shape index (κ1) is 14.8. The van der Waals surface area contributed by atoms with Crippen molar-refractivity contribution in [1.82, 2.24) is 0 Å². The molecule has 2 rings (SSSR count). The molecular formula is C15H22N2O3. The van der Waals surface area contributed by atoms with Gasteiger partial charge in [0, 0.05) is 31.2 Å². The number of carboxylic acid groups (broad SMARTS) is 1. The average Bonchev–Trinajstić information content (AvgIpc) is 2.45. The fraction of sp³-hybridized carbons (Fsp3) is 0.533. The highest BCUT2D eigenvalue weighted by Crippen LogP contribution is 2.29. The summed E-state index contributed by atoms with van der Waals surface area (Å²) in [5, 5.41) is 8.79. The van der Waals surface area contributed by atoms with E-state index in [4.69, 9.17) is 15.6 Å². The third-order valence-corrected chi connectivity index (χ3v) is 3.61. The highest BCUT2D eigenvalue weighted by atomic mass is 16.5. The lowest BCUT2D eigenvalue weighted by Gasteiger charge is -2.32. The molecule has 0 aromatic heterocycles. The number of carboxylic acids is 1. The molecule has 1 aromatic carbocycles. The fourth-order valence-electron chi connectivity index (χ4n) is 2.48. The van der Waals surface area contributed by atoms with Crippen molar-refractivity contribution < 1.29 is 14.6 Å². The zero-order valence-electron chi connectivity index (χ0n) is 11.8. The van der Waals surface area contributed by atoms with Crippen molar-refractivity contribution in [2.75, 3.05) is 31.2 Å². The molecule has 0 radical (unpaired) electrons. The Labute approximate surface area is 119 Å². The molecule has 3 N–H and O–H groups in total. The van der Waals surface area contributed by atoms with Gasteiger partial charge in [-0.3, -0.25) is 4.79 Å². The number of aliphatic carboxylic acids is 1. The number of benzene rings is 1. The molecule has 0 aliphatic carbocycles. The second kappa shape index (κ2) is 6.72. The molecule has 1 heterocycles. The highest BCUT2D eigenvalue weighted by molar-refractivity contribution is 5.67. The molecule has 0 spiro atoms. The number of hydrogen-bond acceptors (Lipinski definition) is 4. The number of ether oxygens (including phenoxy) is 1. The van der Waals surface area contributed by atoms with Crippen molar-refractivity contribution in [2.45, 2.75) is 25.8 Å². The van der Waals surface area contributed by atoms with Crippen LogP contribution < -0.4 is 10.6 Å². The van der Waals surface area contributed by atoms with Gasteiger partial charge in [0.1, 0.15) is 0 Å². The zero-order valence-corrected chi connectivity index (χ0v) is 11.8. The third-order valence-electron chi connectivity index (χ3n) is 3.61.